The van der Waals surface area contributed by atoms with Crippen LogP contribution in [0.5, 0.6) is 0 Å². The number of carbonyl (C=O) groups excluding carboxylic acids is 1. The molecule has 4 nitrogen and oxygen atoms in total. The van der Waals surface area contributed by atoms with Gasteiger partial charge in [0.1, 0.15) is 12.6 Å². The predicted octanol–water partition coefficient (Wildman–Crippen LogP) is 0.404. The summed E-state index contributed by atoms with van der Waals surface area (Å²) in [7, 11) is 0. The van der Waals surface area contributed by atoms with E-state index in [0.717, 1.165) is 5.56 Å². The second kappa shape index (κ2) is 5.48. The molecule has 0 saturated heterocycles. The van der Waals surface area contributed by atoms with Gasteiger partial charge in [-0.05, 0) is 12.5 Å². The number of ether oxygens (including phenoxy) is 1. The van der Waals surface area contributed by atoms with Crippen molar-refractivity contribution in [2.75, 3.05) is 0 Å². The molecule has 4 heteroatoms. The minimum atomic E-state index is -0.756. The number of nitrogens with two attached hydrogens (primary N) is 2. The summed E-state index contributed by atoms with van der Waals surface area (Å²) in [6.45, 7) is 1.91. The maximum absolute atomic E-state index is 11.3. The predicted molar refractivity (Wildman–Crippen MR) is 57.9 cm³/mol. The molecule has 0 spiro atoms. The van der Waals surface area contributed by atoms with Crippen molar-refractivity contribution in [3.05, 3.63) is 35.9 Å². The zero-order valence-corrected chi connectivity index (χ0v) is 8.72. The monoisotopic (exact) mass is 208 g/mol. The van der Waals surface area contributed by atoms with Crippen LogP contribution in [0.4, 0.5) is 0 Å². The van der Waals surface area contributed by atoms with E-state index >= 15 is 0 Å². The zero-order chi connectivity index (χ0) is 11.3. The molecule has 0 heterocycles. The maximum Gasteiger partial charge on any atom is 0.324 e. The molecule has 2 atom stereocenters. The highest BCUT2D eigenvalue weighted by molar-refractivity contribution is 5.76. The first-order valence-electron chi connectivity index (χ1n) is 4.83. The zero-order valence-electron chi connectivity index (χ0n) is 8.72. The highest BCUT2D eigenvalue weighted by atomic mass is 16.5. The molecule has 0 amide bonds. The topological polar surface area (TPSA) is 78.3 Å². The summed E-state index contributed by atoms with van der Waals surface area (Å²) in [4.78, 5) is 11.3. The van der Waals surface area contributed by atoms with Crippen LogP contribution in [0.3, 0.4) is 0 Å². The molecule has 1 rings (SSSR count). The van der Waals surface area contributed by atoms with Gasteiger partial charge in [-0.3, -0.25) is 4.79 Å². The average Bonchev–Trinajstić information content (AvgIpc) is 2.26. The second-order valence-corrected chi connectivity index (χ2v) is 3.48. The SMILES string of the molecule is CC(N)[C@H](N)C(=O)OCc1ccccc1. The molecule has 82 valence electrons. The Bertz CT molecular complexity index is 312. The van der Waals surface area contributed by atoms with Crippen molar-refractivity contribution >= 4 is 5.97 Å². The van der Waals surface area contributed by atoms with Gasteiger partial charge in [-0.25, -0.2) is 0 Å². The fraction of sp³-hybridized carbons (Fsp3) is 0.364. The van der Waals surface area contributed by atoms with E-state index in [1.165, 1.54) is 0 Å². The van der Waals surface area contributed by atoms with Crippen LogP contribution in [-0.2, 0) is 16.1 Å². The van der Waals surface area contributed by atoms with Crippen LogP contribution in [0.25, 0.3) is 0 Å². The van der Waals surface area contributed by atoms with Gasteiger partial charge in [0.25, 0.3) is 0 Å². The third kappa shape index (κ3) is 3.69. The van der Waals surface area contributed by atoms with Gasteiger partial charge in [0.05, 0.1) is 0 Å². The summed E-state index contributed by atoms with van der Waals surface area (Å²) in [6, 6.07) is 8.28. The van der Waals surface area contributed by atoms with Gasteiger partial charge in [0.15, 0.2) is 0 Å². The molecule has 1 unspecified atom stereocenters. The molecule has 0 bridgehead atoms. The van der Waals surface area contributed by atoms with Gasteiger partial charge in [-0.2, -0.15) is 0 Å². The summed E-state index contributed by atoms with van der Waals surface area (Å²) >= 11 is 0. The molecule has 4 N–H and O–H groups in total. The second-order valence-electron chi connectivity index (χ2n) is 3.48. The molecule has 0 saturated carbocycles. The van der Waals surface area contributed by atoms with E-state index in [1.807, 2.05) is 30.3 Å². The van der Waals surface area contributed by atoms with Gasteiger partial charge in [-0.1, -0.05) is 30.3 Å². The fourth-order valence-electron chi connectivity index (χ4n) is 1.04. The van der Waals surface area contributed by atoms with Crippen molar-refractivity contribution in [2.24, 2.45) is 11.5 Å². The Morgan fingerprint density at radius 3 is 2.47 bits per heavy atom. The van der Waals surface area contributed by atoms with Crippen molar-refractivity contribution in [3.63, 3.8) is 0 Å². The van der Waals surface area contributed by atoms with Crippen LogP contribution < -0.4 is 11.5 Å². The molecular weight excluding hydrogens is 192 g/mol. The summed E-state index contributed by atoms with van der Waals surface area (Å²) in [6.07, 6.45) is 0. The van der Waals surface area contributed by atoms with Gasteiger partial charge in [0, 0.05) is 6.04 Å². The molecule has 1 aromatic rings. The molecule has 15 heavy (non-hydrogen) atoms. The van der Waals surface area contributed by atoms with Crippen LogP contribution in [0.1, 0.15) is 12.5 Å². The summed E-state index contributed by atoms with van der Waals surface area (Å²) in [5.41, 5.74) is 11.9. The summed E-state index contributed by atoms with van der Waals surface area (Å²) in [5, 5.41) is 0. The van der Waals surface area contributed by atoms with Gasteiger partial charge < -0.3 is 16.2 Å². The highest BCUT2D eigenvalue weighted by Gasteiger charge is 2.18. The number of esters is 1. The molecule has 0 radical (unpaired) electrons. The van der Waals surface area contributed by atoms with Crippen LogP contribution in [0.2, 0.25) is 0 Å². The summed E-state index contributed by atoms with van der Waals surface area (Å²) < 4.78 is 5.01. The Balaban J connectivity index is 2.41. The molecule has 0 aliphatic heterocycles. The van der Waals surface area contributed by atoms with E-state index in [1.54, 1.807) is 6.92 Å². The number of hydrogen-bond donors (Lipinski definition) is 2. The van der Waals surface area contributed by atoms with E-state index in [0.29, 0.717) is 0 Å². The van der Waals surface area contributed by atoms with Gasteiger partial charge in [-0.15, -0.1) is 0 Å². The standard InChI is InChI=1S/C11H16N2O2/c1-8(12)10(13)11(14)15-7-9-5-3-2-4-6-9/h2-6,8,10H,7,12-13H2,1H3/t8?,10-/m0/s1. The molecular formula is C11H16N2O2. The molecule has 0 fully saturated rings. The Labute approximate surface area is 89.2 Å². The van der Waals surface area contributed by atoms with Gasteiger partial charge in [0.2, 0.25) is 0 Å². The number of hydrogen-bond acceptors (Lipinski definition) is 4. The minimum Gasteiger partial charge on any atom is -0.460 e. The third-order valence-corrected chi connectivity index (χ3v) is 2.06. The lowest BCUT2D eigenvalue weighted by molar-refractivity contribution is -0.146. The Kier molecular flexibility index (Phi) is 4.27. The number of benzene rings is 1. The number of rotatable bonds is 4. The van der Waals surface area contributed by atoms with Crippen LogP contribution in [0.15, 0.2) is 30.3 Å². The van der Waals surface area contributed by atoms with Crippen molar-refractivity contribution < 1.29 is 9.53 Å². The van der Waals surface area contributed by atoms with Crippen LogP contribution in [-0.4, -0.2) is 18.1 Å². The molecule has 0 aliphatic carbocycles. The van der Waals surface area contributed by atoms with Gasteiger partial charge >= 0.3 is 5.97 Å². The maximum atomic E-state index is 11.3. The third-order valence-electron chi connectivity index (χ3n) is 2.06. The highest BCUT2D eigenvalue weighted by Crippen LogP contribution is 2.01. The van der Waals surface area contributed by atoms with Crippen LogP contribution >= 0.6 is 0 Å². The largest absolute Gasteiger partial charge is 0.460 e. The normalized spacial score (nSPS) is 14.3. The van der Waals surface area contributed by atoms with E-state index in [9.17, 15) is 4.79 Å². The quantitative estimate of drug-likeness (QED) is 0.702. The number of carbonyl (C=O) groups is 1. The summed E-state index contributed by atoms with van der Waals surface area (Å²) in [5.74, 6) is -0.464. The first-order valence-corrected chi connectivity index (χ1v) is 4.83. The Hall–Kier alpha value is -1.39. The van der Waals surface area contributed by atoms with E-state index < -0.39 is 18.1 Å². The first-order chi connectivity index (χ1) is 7.11. The smallest absolute Gasteiger partial charge is 0.324 e. The lowest BCUT2D eigenvalue weighted by Crippen LogP contribution is -2.46. The first kappa shape index (κ1) is 11.7. The van der Waals surface area contributed by atoms with E-state index in [4.69, 9.17) is 16.2 Å². The van der Waals surface area contributed by atoms with Crippen molar-refractivity contribution in [3.8, 4) is 0 Å². The molecule has 0 aliphatic rings. The molecule has 1 aromatic carbocycles. The van der Waals surface area contributed by atoms with Crippen LogP contribution in [0, 0.1) is 0 Å². The average molecular weight is 208 g/mol. The van der Waals surface area contributed by atoms with Crippen molar-refractivity contribution in [2.45, 2.75) is 25.6 Å². The fourth-order valence-corrected chi connectivity index (χ4v) is 1.04. The van der Waals surface area contributed by atoms with E-state index in [2.05, 4.69) is 0 Å². The Morgan fingerprint density at radius 1 is 1.33 bits per heavy atom. The Morgan fingerprint density at radius 2 is 1.93 bits per heavy atom. The van der Waals surface area contributed by atoms with Crippen molar-refractivity contribution in [1.29, 1.82) is 0 Å². The lowest BCUT2D eigenvalue weighted by Gasteiger charge is -2.14. The lowest BCUT2D eigenvalue weighted by atomic mass is 10.2. The van der Waals surface area contributed by atoms with Crippen molar-refractivity contribution in [1.82, 2.24) is 0 Å². The minimum absolute atomic E-state index is 0.236. The molecule has 0 aromatic heterocycles. The van der Waals surface area contributed by atoms with E-state index in [-0.39, 0.29) is 6.61 Å².